The van der Waals surface area contributed by atoms with Crippen LogP contribution in [-0.4, -0.2) is 27.0 Å². The van der Waals surface area contributed by atoms with Crippen LogP contribution in [0.5, 0.6) is 0 Å². The minimum absolute atomic E-state index is 0.00926. The molecule has 2 rings (SSSR count). The van der Waals surface area contributed by atoms with E-state index >= 15 is 0 Å². The number of nitrogens with zero attached hydrogens (tertiary/aromatic N) is 2. The molecule has 0 bridgehead atoms. The van der Waals surface area contributed by atoms with Gasteiger partial charge in [0.2, 0.25) is 0 Å². The second-order valence-corrected chi connectivity index (χ2v) is 2.94. The first-order valence-corrected chi connectivity index (χ1v) is 3.72. The lowest BCUT2D eigenvalue weighted by molar-refractivity contribution is 0.00636. The first kappa shape index (κ1) is 6.82. The molecule has 0 radical (unpaired) electrons. The molecular formula is C7H11N3O. The summed E-state index contributed by atoms with van der Waals surface area (Å²) in [7, 11) is 0. The molecule has 4 nitrogen and oxygen atoms in total. The molecule has 0 spiro atoms. The smallest absolute Gasteiger partial charge is 0.0929 e. The van der Waals surface area contributed by atoms with Gasteiger partial charge in [-0.2, -0.15) is 5.10 Å². The highest BCUT2D eigenvalue weighted by atomic mass is 16.3. The third kappa shape index (κ3) is 0.948. The molecule has 0 aliphatic heterocycles. The van der Waals surface area contributed by atoms with E-state index < -0.39 is 0 Å². The van der Waals surface area contributed by atoms with Crippen LogP contribution in [-0.2, 0) is 0 Å². The van der Waals surface area contributed by atoms with E-state index in [9.17, 15) is 5.11 Å². The number of hydrogen-bond donors (Lipinski definition) is 2. The van der Waals surface area contributed by atoms with Crippen molar-refractivity contribution in [2.75, 3.05) is 0 Å². The van der Waals surface area contributed by atoms with Crippen molar-refractivity contribution in [3.63, 3.8) is 0 Å². The number of hydrogen-bond acceptors (Lipinski definition) is 3. The Morgan fingerprint density at radius 3 is 2.91 bits per heavy atom. The van der Waals surface area contributed by atoms with Gasteiger partial charge in [-0.3, -0.25) is 4.68 Å². The summed E-state index contributed by atoms with van der Waals surface area (Å²) in [5.41, 5.74) is 5.68. The second-order valence-electron chi connectivity index (χ2n) is 2.94. The molecule has 11 heavy (non-hydrogen) atoms. The van der Waals surface area contributed by atoms with Crippen molar-refractivity contribution in [3.05, 3.63) is 18.5 Å². The van der Waals surface area contributed by atoms with Crippen molar-refractivity contribution >= 4 is 0 Å². The number of nitrogens with two attached hydrogens (primary N) is 1. The lowest BCUT2D eigenvalue weighted by Crippen LogP contribution is -2.52. The molecule has 0 amide bonds. The lowest BCUT2D eigenvalue weighted by atomic mass is 9.84. The molecular weight excluding hydrogens is 142 g/mol. The van der Waals surface area contributed by atoms with Crippen molar-refractivity contribution in [2.45, 2.75) is 24.6 Å². The Kier molecular flexibility index (Phi) is 1.44. The van der Waals surface area contributed by atoms with Crippen LogP contribution in [0.25, 0.3) is 0 Å². The van der Waals surface area contributed by atoms with Gasteiger partial charge >= 0.3 is 0 Å². The minimum Gasteiger partial charge on any atom is -0.391 e. The summed E-state index contributed by atoms with van der Waals surface area (Å²) in [4.78, 5) is 0. The molecule has 60 valence electrons. The first-order chi connectivity index (χ1) is 5.29. The van der Waals surface area contributed by atoms with Gasteiger partial charge in [0.25, 0.3) is 0 Å². The van der Waals surface area contributed by atoms with E-state index in [4.69, 9.17) is 5.73 Å². The predicted molar refractivity (Wildman–Crippen MR) is 39.9 cm³/mol. The summed E-state index contributed by atoms with van der Waals surface area (Å²) in [6.45, 7) is 0. The molecule has 0 aromatic carbocycles. The molecule has 1 aromatic rings. The van der Waals surface area contributed by atoms with Crippen LogP contribution >= 0.6 is 0 Å². The molecule has 1 aromatic heterocycles. The summed E-state index contributed by atoms with van der Waals surface area (Å²) in [5.74, 6) is 0. The third-order valence-corrected chi connectivity index (χ3v) is 2.18. The van der Waals surface area contributed by atoms with E-state index in [1.807, 2.05) is 12.3 Å². The molecule has 0 saturated heterocycles. The summed E-state index contributed by atoms with van der Waals surface area (Å²) < 4.78 is 1.72. The molecule has 1 aliphatic rings. The maximum atomic E-state index is 9.31. The SMILES string of the molecule is N[C@@H]1C[C@H](O)[C@H]1n1cccn1. The summed E-state index contributed by atoms with van der Waals surface area (Å²) in [6, 6.07) is 1.88. The van der Waals surface area contributed by atoms with Gasteiger partial charge in [0, 0.05) is 18.4 Å². The standard InChI is InChI=1S/C7H11N3O/c8-5-4-6(11)7(5)10-3-1-2-9-10/h1-3,5-7,11H,4,8H2/t5-,6+,7+/m1/s1. The van der Waals surface area contributed by atoms with Crippen LogP contribution in [0.3, 0.4) is 0 Å². The molecule has 1 saturated carbocycles. The van der Waals surface area contributed by atoms with Crippen LogP contribution in [0, 0.1) is 0 Å². The molecule has 4 heteroatoms. The van der Waals surface area contributed by atoms with Gasteiger partial charge in [-0.1, -0.05) is 0 Å². The highest BCUT2D eigenvalue weighted by Gasteiger charge is 2.38. The first-order valence-electron chi connectivity index (χ1n) is 3.72. The van der Waals surface area contributed by atoms with Crippen LogP contribution in [0.4, 0.5) is 0 Å². The van der Waals surface area contributed by atoms with Crippen molar-refractivity contribution in [3.8, 4) is 0 Å². The maximum Gasteiger partial charge on any atom is 0.0929 e. The fraction of sp³-hybridized carbons (Fsp3) is 0.571. The number of aliphatic hydroxyl groups is 1. The van der Waals surface area contributed by atoms with Gasteiger partial charge in [0.05, 0.1) is 12.1 Å². The fourth-order valence-electron chi connectivity index (χ4n) is 1.48. The third-order valence-electron chi connectivity index (χ3n) is 2.18. The molecule has 1 aliphatic carbocycles. The Labute approximate surface area is 64.6 Å². The van der Waals surface area contributed by atoms with Crippen LogP contribution in [0.1, 0.15) is 12.5 Å². The predicted octanol–water partition coefficient (Wildman–Crippen LogP) is -0.484. The van der Waals surface area contributed by atoms with E-state index in [1.54, 1.807) is 10.9 Å². The van der Waals surface area contributed by atoms with E-state index in [0.29, 0.717) is 6.42 Å². The highest BCUT2D eigenvalue weighted by molar-refractivity contribution is 4.98. The van der Waals surface area contributed by atoms with Gasteiger partial charge in [-0.25, -0.2) is 0 Å². The summed E-state index contributed by atoms with van der Waals surface area (Å²) in [5, 5.41) is 13.3. The lowest BCUT2D eigenvalue weighted by Gasteiger charge is -2.38. The van der Waals surface area contributed by atoms with Crippen LogP contribution < -0.4 is 5.73 Å². The topological polar surface area (TPSA) is 64.1 Å². The van der Waals surface area contributed by atoms with Gasteiger partial charge in [0.1, 0.15) is 0 Å². The number of aliphatic hydroxyl groups excluding tert-OH is 1. The zero-order valence-electron chi connectivity index (χ0n) is 6.09. The molecule has 1 fully saturated rings. The van der Waals surface area contributed by atoms with E-state index in [-0.39, 0.29) is 18.2 Å². The Bertz CT molecular complexity index is 226. The highest BCUT2D eigenvalue weighted by Crippen LogP contribution is 2.29. The van der Waals surface area contributed by atoms with E-state index in [0.717, 1.165) is 0 Å². The van der Waals surface area contributed by atoms with Gasteiger partial charge in [-0.15, -0.1) is 0 Å². The largest absolute Gasteiger partial charge is 0.391 e. The monoisotopic (exact) mass is 153 g/mol. The number of rotatable bonds is 1. The maximum absolute atomic E-state index is 9.31. The quantitative estimate of drug-likeness (QED) is 0.572. The Morgan fingerprint density at radius 2 is 2.45 bits per heavy atom. The van der Waals surface area contributed by atoms with Gasteiger partial charge in [-0.05, 0) is 12.5 Å². The van der Waals surface area contributed by atoms with Crippen molar-refractivity contribution in [1.82, 2.24) is 9.78 Å². The van der Waals surface area contributed by atoms with Gasteiger partial charge < -0.3 is 10.8 Å². The van der Waals surface area contributed by atoms with E-state index in [2.05, 4.69) is 5.10 Å². The van der Waals surface area contributed by atoms with Crippen LogP contribution in [0.15, 0.2) is 18.5 Å². The zero-order valence-corrected chi connectivity index (χ0v) is 6.09. The Balaban J connectivity index is 2.17. The van der Waals surface area contributed by atoms with Gasteiger partial charge in [0.15, 0.2) is 0 Å². The summed E-state index contributed by atoms with van der Waals surface area (Å²) >= 11 is 0. The molecule has 3 atom stereocenters. The number of aromatic nitrogens is 2. The van der Waals surface area contributed by atoms with Crippen molar-refractivity contribution < 1.29 is 5.11 Å². The summed E-state index contributed by atoms with van der Waals surface area (Å²) in [6.07, 6.45) is 3.89. The second kappa shape index (κ2) is 2.32. The Hall–Kier alpha value is -0.870. The van der Waals surface area contributed by atoms with Crippen molar-refractivity contribution in [1.29, 1.82) is 0 Å². The normalized spacial score (nSPS) is 36.7. The minimum atomic E-state index is -0.315. The fourth-order valence-corrected chi connectivity index (χ4v) is 1.48. The zero-order chi connectivity index (χ0) is 7.84. The van der Waals surface area contributed by atoms with Crippen molar-refractivity contribution in [2.24, 2.45) is 5.73 Å². The average Bonchev–Trinajstić information content (AvgIpc) is 2.39. The average molecular weight is 153 g/mol. The van der Waals surface area contributed by atoms with Crippen LogP contribution in [0.2, 0.25) is 0 Å². The molecule has 0 unspecified atom stereocenters. The van der Waals surface area contributed by atoms with E-state index in [1.165, 1.54) is 0 Å². The molecule has 1 heterocycles. The Morgan fingerprint density at radius 1 is 1.64 bits per heavy atom. The molecule has 3 N–H and O–H groups in total.